The molecule has 2 rings (SSSR count). The van der Waals surface area contributed by atoms with Crippen LogP contribution in [-0.2, 0) is 20.7 Å². The van der Waals surface area contributed by atoms with E-state index < -0.39 is 18.0 Å². The van der Waals surface area contributed by atoms with Gasteiger partial charge in [0.2, 0.25) is 0 Å². The van der Waals surface area contributed by atoms with Crippen LogP contribution in [0.25, 0.3) is 0 Å². The molecule has 0 radical (unpaired) electrons. The van der Waals surface area contributed by atoms with E-state index in [4.69, 9.17) is 23.7 Å². The van der Waals surface area contributed by atoms with Crippen LogP contribution in [-0.4, -0.2) is 46.4 Å². The number of hydrogen-bond donors (Lipinski definition) is 1. The first-order valence-corrected chi connectivity index (χ1v) is 9.35. The number of carbonyl (C=O) groups is 2. The summed E-state index contributed by atoms with van der Waals surface area (Å²) >= 11 is 0. The second-order valence-corrected chi connectivity index (χ2v) is 6.34. The predicted molar refractivity (Wildman–Crippen MR) is 112 cm³/mol. The lowest BCUT2D eigenvalue weighted by molar-refractivity contribution is -0.153. The summed E-state index contributed by atoms with van der Waals surface area (Å²) in [5, 5.41) is 2.69. The van der Waals surface area contributed by atoms with E-state index in [9.17, 15) is 9.59 Å². The van der Waals surface area contributed by atoms with Crippen molar-refractivity contribution >= 4 is 17.6 Å². The number of anilines is 1. The van der Waals surface area contributed by atoms with Crippen molar-refractivity contribution in [2.45, 2.75) is 25.9 Å². The maximum atomic E-state index is 12.4. The van der Waals surface area contributed by atoms with E-state index in [1.807, 2.05) is 12.1 Å². The number of esters is 1. The van der Waals surface area contributed by atoms with Crippen molar-refractivity contribution < 1.29 is 33.3 Å². The maximum Gasteiger partial charge on any atom is 0.306 e. The first-order valence-electron chi connectivity index (χ1n) is 9.35. The molecule has 0 unspecified atom stereocenters. The number of amides is 1. The van der Waals surface area contributed by atoms with Gasteiger partial charge < -0.3 is 29.0 Å². The Kier molecular flexibility index (Phi) is 8.34. The molecule has 1 N–H and O–H groups in total. The molecule has 0 spiro atoms. The number of hydrogen-bond acceptors (Lipinski definition) is 7. The van der Waals surface area contributed by atoms with Crippen molar-refractivity contribution in [2.24, 2.45) is 0 Å². The van der Waals surface area contributed by atoms with Crippen molar-refractivity contribution in [3.63, 3.8) is 0 Å². The monoisotopic (exact) mass is 417 g/mol. The molecule has 0 bridgehead atoms. The third-order valence-electron chi connectivity index (χ3n) is 4.41. The fourth-order valence-electron chi connectivity index (χ4n) is 2.85. The third kappa shape index (κ3) is 5.79. The zero-order valence-electron chi connectivity index (χ0n) is 17.8. The van der Waals surface area contributed by atoms with Crippen LogP contribution in [0.5, 0.6) is 23.0 Å². The molecular weight excluding hydrogens is 390 g/mol. The molecule has 8 nitrogen and oxygen atoms in total. The van der Waals surface area contributed by atoms with Crippen LogP contribution in [0.3, 0.4) is 0 Å². The van der Waals surface area contributed by atoms with Gasteiger partial charge in [0.15, 0.2) is 29.1 Å². The first kappa shape index (κ1) is 22.9. The molecule has 0 aliphatic rings. The molecule has 0 saturated heterocycles. The fourth-order valence-corrected chi connectivity index (χ4v) is 2.85. The molecule has 1 atom stereocenters. The fraction of sp³-hybridized carbons (Fsp3) is 0.364. The summed E-state index contributed by atoms with van der Waals surface area (Å²) in [7, 11) is 6.12. The molecule has 30 heavy (non-hydrogen) atoms. The van der Waals surface area contributed by atoms with Gasteiger partial charge in [-0.05, 0) is 37.1 Å². The second kappa shape index (κ2) is 10.9. The molecule has 0 aliphatic carbocycles. The van der Waals surface area contributed by atoms with Crippen LogP contribution < -0.4 is 24.3 Å². The molecular formula is C22H27NO7. The molecule has 162 valence electrons. The van der Waals surface area contributed by atoms with E-state index in [0.29, 0.717) is 35.1 Å². The van der Waals surface area contributed by atoms with Gasteiger partial charge in [-0.2, -0.15) is 0 Å². The van der Waals surface area contributed by atoms with Gasteiger partial charge >= 0.3 is 5.97 Å². The highest BCUT2D eigenvalue weighted by Crippen LogP contribution is 2.32. The van der Waals surface area contributed by atoms with Crippen molar-refractivity contribution in [1.29, 1.82) is 0 Å². The number of aryl methyl sites for hydroxylation is 1. The maximum absolute atomic E-state index is 12.4. The van der Waals surface area contributed by atoms with Gasteiger partial charge in [-0.25, -0.2) is 0 Å². The summed E-state index contributed by atoms with van der Waals surface area (Å²) in [6.45, 7) is 1.51. The van der Waals surface area contributed by atoms with Crippen LogP contribution in [0.4, 0.5) is 5.69 Å². The average Bonchev–Trinajstić information content (AvgIpc) is 2.76. The van der Waals surface area contributed by atoms with E-state index in [-0.39, 0.29) is 6.42 Å². The minimum absolute atomic E-state index is 0.0947. The normalized spacial score (nSPS) is 11.2. The highest BCUT2D eigenvalue weighted by atomic mass is 16.5. The average molecular weight is 417 g/mol. The van der Waals surface area contributed by atoms with Crippen LogP contribution >= 0.6 is 0 Å². The highest BCUT2D eigenvalue weighted by Gasteiger charge is 2.19. The van der Waals surface area contributed by atoms with Gasteiger partial charge in [0.25, 0.3) is 5.91 Å². The summed E-state index contributed by atoms with van der Waals surface area (Å²) in [5.41, 5.74) is 1.32. The largest absolute Gasteiger partial charge is 0.493 e. The molecule has 8 heteroatoms. The molecule has 2 aromatic carbocycles. The summed E-state index contributed by atoms with van der Waals surface area (Å²) in [6.07, 6.45) is -0.474. The van der Waals surface area contributed by atoms with Gasteiger partial charge in [-0.15, -0.1) is 0 Å². The standard InChI is InChI=1S/C22H27NO7/c1-14(22(25)23-16-10-11-17(26-2)19(13-16)28-4)30-20(24)12-9-15-7-6-8-18(27-3)21(15)29-5/h6-8,10-11,13-14H,9,12H2,1-5H3,(H,23,25)/t14-/m0/s1. The number of para-hydroxylation sites is 1. The van der Waals surface area contributed by atoms with Gasteiger partial charge in [0, 0.05) is 18.2 Å². The first-order chi connectivity index (χ1) is 14.4. The van der Waals surface area contributed by atoms with Gasteiger partial charge in [0.1, 0.15) is 0 Å². The number of carbonyl (C=O) groups excluding carboxylic acids is 2. The Morgan fingerprint density at radius 2 is 1.60 bits per heavy atom. The van der Waals surface area contributed by atoms with E-state index in [1.165, 1.54) is 21.1 Å². The van der Waals surface area contributed by atoms with E-state index in [0.717, 1.165) is 5.56 Å². The summed E-state index contributed by atoms with van der Waals surface area (Å²) in [6, 6.07) is 10.4. The van der Waals surface area contributed by atoms with Gasteiger partial charge in [-0.1, -0.05) is 12.1 Å². The summed E-state index contributed by atoms with van der Waals surface area (Å²) in [5.74, 6) is 1.25. The zero-order chi connectivity index (χ0) is 22.1. The van der Waals surface area contributed by atoms with Crippen LogP contribution in [0, 0.1) is 0 Å². The van der Waals surface area contributed by atoms with Crippen LogP contribution in [0.1, 0.15) is 18.9 Å². The Hall–Kier alpha value is -3.42. The lowest BCUT2D eigenvalue weighted by Crippen LogP contribution is -2.30. The van der Waals surface area contributed by atoms with Crippen LogP contribution in [0.15, 0.2) is 36.4 Å². The van der Waals surface area contributed by atoms with Crippen molar-refractivity contribution in [2.75, 3.05) is 33.8 Å². The van der Waals surface area contributed by atoms with E-state index in [1.54, 1.807) is 38.5 Å². The summed E-state index contributed by atoms with van der Waals surface area (Å²) < 4.78 is 26.3. The number of nitrogens with one attached hydrogen (secondary N) is 1. The van der Waals surface area contributed by atoms with Crippen molar-refractivity contribution in [3.05, 3.63) is 42.0 Å². The van der Waals surface area contributed by atoms with Gasteiger partial charge in [0.05, 0.1) is 28.4 Å². The second-order valence-electron chi connectivity index (χ2n) is 6.34. The number of benzene rings is 2. The molecule has 0 heterocycles. The smallest absolute Gasteiger partial charge is 0.306 e. The molecule has 2 aromatic rings. The third-order valence-corrected chi connectivity index (χ3v) is 4.41. The Balaban J connectivity index is 1.92. The number of rotatable bonds is 10. The molecule has 0 fully saturated rings. The Morgan fingerprint density at radius 1 is 0.900 bits per heavy atom. The Bertz CT molecular complexity index is 882. The highest BCUT2D eigenvalue weighted by molar-refractivity contribution is 5.95. The Labute approximate surface area is 176 Å². The number of ether oxygens (including phenoxy) is 5. The van der Waals surface area contributed by atoms with Crippen molar-refractivity contribution in [3.8, 4) is 23.0 Å². The zero-order valence-corrected chi connectivity index (χ0v) is 17.8. The SMILES string of the molecule is COc1ccc(NC(=O)[C@H](C)OC(=O)CCc2cccc(OC)c2OC)cc1OC. The number of methoxy groups -OCH3 is 4. The van der Waals surface area contributed by atoms with Gasteiger partial charge in [-0.3, -0.25) is 9.59 Å². The summed E-state index contributed by atoms with van der Waals surface area (Å²) in [4.78, 5) is 24.6. The van der Waals surface area contributed by atoms with Crippen LogP contribution in [0.2, 0.25) is 0 Å². The molecule has 0 aromatic heterocycles. The minimum atomic E-state index is -0.960. The van der Waals surface area contributed by atoms with E-state index in [2.05, 4.69) is 5.32 Å². The minimum Gasteiger partial charge on any atom is -0.493 e. The molecule has 1 amide bonds. The van der Waals surface area contributed by atoms with Crippen molar-refractivity contribution in [1.82, 2.24) is 0 Å². The predicted octanol–water partition coefficient (Wildman–Crippen LogP) is 3.22. The Morgan fingerprint density at radius 3 is 2.23 bits per heavy atom. The lowest BCUT2D eigenvalue weighted by atomic mass is 10.1. The lowest BCUT2D eigenvalue weighted by Gasteiger charge is -2.15. The topological polar surface area (TPSA) is 92.3 Å². The van der Waals surface area contributed by atoms with E-state index >= 15 is 0 Å². The quantitative estimate of drug-likeness (QED) is 0.594. The molecule has 0 aliphatic heterocycles. The molecule has 0 saturated carbocycles.